The average Bonchev–Trinajstić information content (AvgIpc) is 2.54. The van der Waals surface area contributed by atoms with Gasteiger partial charge in [-0.3, -0.25) is 0 Å². The summed E-state index contributed by atoms with van der Waals surface area (Å²) in [6.45, 7) is 0. The van der Waals surface area contributed by atoms with Gasteiger partial charge in [0.2, 0.25) is 10.0 Å². The van der Waals surface area contributed by atoms with Gasteiger partial charge in [-0.2, -0.15) is 4.31 Å². The first-order valence-corrected chi connectivity index (χ1v) is 9.13. The van der Waals surface area contributed by atoms with Crippen LogP contribution < -0.4 is 0 Å². The van der Waals surface area contributed by atoms with E-state index in [0.717, 1.165) is 24.8 Å². The summed E-state index contributed by atoms with van der Waals surface area (Å²) in [6.07, 6.45) is 2.87. The minimum absolute atomic E-state index is 0.106. The third kappa shape index (κ3) is 2.78. The van der Waals surface area contributed by atoms with Crippen LogP contribution in [0.15, 0.2) is 53.4 Å². The van der Waals surface area contributed by atoms with Crippen LogP contribution in [0.25, 0.3) is 0 Å². The molecule has 116 valence electrons. The van der Waals surface area contributed by atoms with Gasteiger partial charge in [0.15, 0.2) is 0 Å². The SMILES string of the molecule is CN(C1CCCc2ccccc21)S(=O)(=O)c1ccc(Cl)cc1. The summed E-state index contributed by atoms with van der Waals surface area (Å²) in [6, 6.07) is 14.3. The third-order valence-electron chi connectivity index (χ3n) is 4.27. The standard InChI is InChI=1S/C17H18ClNO2S/c1-19(22(20,21)15-11-9-14(18)10-12-15)17-8-4-6-13-5-2-3-7-16(13)17/h2-3,5,7,9-12,17H,4,6,8H2,1H3. The van der Waals surface area contributed by atoms with E-state index in [0.29, 0.717) is 5.02 Å². The Morgan fingerprint density at radius 3 is 2.50 bits per heavy atom. The number of halogens is 1. The maximum absolute atomic E-state index is 12.8. The molecule has 3 nitrogen and oxygen atoms in total. The van der Waals surface area contributed by atoms with Gasteiger partial charge in [0, 0.05) is 18.1 Å². The fourth-order valence-electron chi connectivity index (χ4n) is 3.05. The predicted molar refractivity (Wildman–Crippen MR) is 88.5 cm³/mol. The van der Waals surface area contributed by atoms with E-state index in [9.17, 15) is 8.42 Å². The largest absolute Gasteiger partial charge is 0.243 e. The zero-order valence-corrected chi connectivity index (χ0v) is 13.9. The lowest BCUT2D eigenvalue weighted by atomic mass is 9.88. The van der Waals surface area contributed by atoms with Crippen LogP contribution in [0.2, 0.25) is 5.02 Å². The molecule has 0 amide bonds. The normalized spacial score (nSPS) is 18.2. The number of rotatable bonds is 3. The van der Waals surface area contributed by atoms with E-state index in [1.807, 2.05) is 18.2 Å². The zero-order valence-electron chi connectivity index (χ0n) is 12.4. The molecule has 1 unspecified atom stereocenters. The third-order valence-corrected chi connectivity index (χ3v) is 6.40. The molecule has 1 atom stereocenters. The van der Waals surface area contributed by atoms with Crippen LogP contribution in [-0.2, 0) is 16.4 Å². The first-order chi connectivity index (χ1) is 10.5. The molecule has 0 aliphatic heterocycles. The van der Waals surface area contributed by atoms with Crippen molar-refractivity contribution in [2.75, 3.05) is 7.05 Å². The lowest BCUT2D eigenvalue weighted by Crippen LogP contribution is -2.33. The highest BCUT2D eigenvalue weighted by molar-refractivity contribution is 7.89. The minimum Gasteiger partial charge on any atom is -0.207 e. The second kappa shape index (κ2) is 6.03. The number of sulfonamides is 1. The molecule has 0 bridgehead atoms. The van der Waals surface area contributed by atoms with E-state index in [1.54, 1.807) is 31.3 Å². The molecule has 0 radical (unpaired) electrons. The molecule has 0 saturated heterocycles. The van der Waals surface area contributed by atoms with Crippen LogP contribution >= 0.6 is 11.6 Å². The van der Waals surface area contributed by atoms with Gasteiger partial charge in [0.25, 0.3) is 0 Å². The number of hydrogen-bond acceptors (Lipinski definition) is 2. The van der Waals surface area contributed by atoms with E-state index in [4.69, 9.17) is 11.6 Å². The van der Waals surface area contributed by atoms with Crippen LogP contribution in [0.1, 0.15) is 30.0 Å². The molecule has 0 saturated carbocycles. The Balaban J connectivity index is 1.97. The lowest BCUT2D eigenvalue weighted by Gasteiger charge is -2.32. The van der Waals surface area contributed by atoms with Gasteiger partial charge < -0.3 is 0 Å². The number of benzene rings is 2. The maximum atomic E-state index is 12.8. The van der Waals surface area contributed by atoms with E-state index in [-0.39, 0.29) is 10.9 Å². The molecule has 22 heavy (non-hydrogen) atoms. The Hall–Kier alpha value is -1.36. The van der Waals surface area contributed by atoms with Crippen molar-refractivity contribution in [1.29, 1.82) is 0 Å². The summed E-state index contributed by atoms with van der Waals surface area (Å²) in [4.78, 5) is 0.280. The summed E-state index contributed by atoms with van der Waals surface area (Å²) >= 11 is 5.85. The molecule has 3 rings (SSSR count). The van der Waals surface area contributed by atoms with Crippen molar-refractivity contribution in [2.24, 2.45) is 0 Å². The minimum atomic E-state index is -3.52. The molecule has 2 aromatic rings. The Kier molecular flexibility index (Phi) is 4.26. The lowest BCUT2D eigenvalue weighted by molar-refractivity contribution is 0.337. The van der Waals surface area contributed by atoms with Crippen molar-refractivity contribution < 1.29 is 8.42 Å². The Bertz CT molecular complexity index is 772. The second-order valence-corrected chi connectivity index (χ2v) is 8.02. The smallest absolute Gasteiger partial charge is 0.207 e. The topological polar surface area (TPSA) is 37.4 Å². The Labute approximate surface area is 136 Å². The first-order valence-electron chi connectivity index (χ1n) is 7.31. The van der Waals surface area contributed by atoms with Gasteiger partial charge in [-0.15, -0.1) is 0 Å². The van der Waals surface area contributed by atoms with Crippen LogP contribution in [0.5, 0.6) is 0 Å². The number of fused-ring (bicyclic) bond motifs is 1. The number of aryl methyl sites for hydroxylation is 1. The summed E-state index contributed by atoms with van der Waals surface area (Å²) in [7, 11) is -1.86. The fourth-order valence-corrected chi connectivity index (χ4v) is 4.54. The predicted octanol–water partition coefficient (Wildman–Crippen LogP) is 4.04. The second-order valence-electron chi connectivity index (χ2n) is 5.58. The highest BCUT2D eigenvalue weighted by Gasteiger charge is 2.31. The van der Waals surface area contributed by atoms with Gasteiger partial charge in [0.1, 0.15) is 0 Å². The summed E-state index contributed by atoms with van der Waals surface area (Å²) in [5.41, 5.74) is 2.37. The molecule has 1 aliphatic rings. The van der Waals surface area contributed by atoms with E-state index >= 15 is 0 Å². The van der Waals surface area contributed by atoms with Crippen LogP contribution in [0.4, 0.5) is 0 Å². The van der Waals surface area contributed by atoms with Gasteiger partial charge in [0.05, 0.1) is 4.90 Å². The summed E-state index contributed by atoms with van der Waals surface area (Å²) in [5, 5.41) is 0.532. The van der Waals surface area contributed by atoms with Crippen molar-refractivity contribution in [2.45, 2.75) is 30.2 Å². The molecule has 0 spiro atoms. The Morgan fingerprint density at radius 2 is 1.77 bits per heavy atom. The average molecular weight is 336 g/mol. The van der Waals surface area contributed by atoms with Crippen molar-refractivity contribution >= 4 is 21.6 Å². The number of hydrogen-bond donors (Lipinski definition) is 0. The molecular weight excluding hydrogens is 318 g/mol. The van der Waals surface area contributed by atoms with E-state index in [1.165, 1.54) is 9.87 Å². The van der Waals surface area contributed by atoms with Crippen molar-refractivity contribution in [3.63, 3.8) is 0 Å². The highest BCUT2D eigenvalue weighted by Crippen LogP contribution is 2.36. The summed E-state index contributed by atoms with van der Waals surface area (Å²) in [5.74, 6) is 0. The molecule has 0 heterocycles. The monoisotopic (exact) mass is 335 g/mol. The van der Waals surface area contributed by atoms with Crippen molar-refractivity contribution in [3.8, 4) is 0 Å². The van der Waals surface area contributed by atoms with Crippen molar-refractivity contribution in [3.05, 3.63) is 64.7 Å². The summed E-state index contributed by atoms with van der Waals surface area (Å²) < 4.78 is 27.2. The maximum Gasteiger partial charge on any atom is 0.243 e. The Morgan fingerprint density at radius 1 is 1.09 bits per heavy atom. The first kappa shape index (κ1) is 15.5. The van der Waals surface area contributed by atoms with Gasteiger partial charge in [-0.1, -0.05) is 35.9 Å². The van der Waals surface area contributed by atoms with Crippen molar-refractivity contribution in [1.82, 2.24) is 4.31 Å². The van der Waals surface area contributed by atoms with Crippen LogP contribution in [0, 0.1) is 0 Å². The van der Waals surface area contributed by atoms with E-state index < -0.39 is 10.0 Å². The molecule has 2 aromatic carbocycles. The molecule has 5 heteroatoms. The quantitative estimate of drug-likeness (QED) is 0.849. The number of nitrogens with zero attached hydrogens (tertiary/aromatic N) is 1. The van der Waals surface area contributed by atoms with Gasteiger partial charge in [-0.25, -0.2) is 8.42 Å². The van der Waals surface area contributed by atoms with E-state index in [2.05, 4.69) is 6.07 Å². The molecule has 0 aromatic heterocycles. The molecule has 0 fully saturated rings. The van der Waals surface area contributed by atoms with Gasteiger partial charge in [-0.05, 0) is 54.7 Å². The highest BCUT2D eigenvalue weighted by atomic mass is 35.5. The molecular formula is C17H18ClNO2S. The van der Waals surface area contributed by atoms with Crippen LogP contribution in [-0.4, -0.2) is 19.8 Å². The molecule has 1 aliphatic carbocycles. The zero-order chi connectivity index (χ0) is 15.7. The molecule has 0 N–H and O–H groups in total. The fraction of sp³-hybridized carbons (Fsp3) is 0.294. The van der Waals surface area contributed by atoms with Gasteiger partial charge >= 0.3 is 0 Å². The van der Waals surface area contributed by atoms with Crippen LogP contribution in [0.3, 0.4) is 0 Å².